The minimum absolute atomic E-state index is 0.145. The molecule has 126 valence electrons. The molecule has 0 fully saturated rings. The lowest BCUT2D eigenvalue weighted by molar-refractivity contribution is 0.0943. The van der Waals surface area contributed by atoms with Gasteiger partial charge in [-0.1, -0.05) is 95.5 Å². The van der Waals surface area contributed by atoms with Crippen molar-refractivity contribution in [1.29, 1.82) is 0 Å². The molecule has 5 heteroatoms. The van der Waals surface area contributed by atoms with E-state index in [0.29, 0.717) is 0 Å². The molecular weight excluding hydrogens is 377 g/mol. The smallest absolute Gasteiger partial charge is 0.255 e. The highest BCUT2D eigenvalue weighted by Crippen LogP contribution is 2.32. The minimum atomic E-state index is -0.379. The van der Waals surface area contributed by atoms with E-state index < -0.39 is 0 Å². The topological polar surface area (TPSA) is 29.1 Å². The Kier molecular flexibility index (Phi) is 5.64. The predicted octanol–water partition coefficient (Wildman–Crippen LogP) is 6.17. The summed E-state index contributed by atoms with van der Waals surface area (Å²) in [5.41, 5.74) is 2.08. The van der Waals surface area contributed by atoms with Crippen LogP contribution in [0.5, 0.6) is 0 Å². The Balaban J connectivity index is 1.99. The summed E-state index contributed by atoms with van der Waals surface area (Å²) in [6.45, 7) is 0. The number of carbonyl (C=O) groups excluding carboxylic acids is 1. The van der Waals surface area contributed by atoms with Crippen molar-refractivity contribution in [3.8, 4) is 0 Å². The van der Waals surface area contributed by atoms with Crippen molar-refractivity contribution in [3.63, 3.8) is 0 Å². The molecular formula is C20H14Cl3NO. The van der Waals surface area contributed by atoms with Crippen molar-refractivity contribution in [2.24, 2.45) is 0 Å². The Labute approximate surface area is 161 Å². The zero-order valence-corrected chi connectivity index (χ0v) is 15.3. The van der Waals surface area contributed by atoms with Crippen LogP contribution in [0, 0.1) is 0 Å². The fourth-order valence-corrected chi connectivity index (χ4v) is 3.29. The van der Waals surface area contributed by atoms with Crippen molar-refractivity contribution in [2.75, 3.05) is 0 Å². The van der Waals surface area contributed by atoms with Gasteiger partial charge in [0.2, 0.25) is 0 Å². The zero-order valence-electron chi connectivity index (χ0n) is 13.0. The van der Waals surface area contributed by atoms with Gasteiger partial charge in [-0.05, 0) is 23.3 Å². The largest absolute Gasteiger partial charge is 0.341 e. The molecule has 3 aromatic rings. The van der Waals surface area contributed by atoms with E-state index in [0.717, 1.165) is 11.1 Å². The van der Waals surface area contributed by atoms with Crippen LogP contribution in [0.3, 0.4) is 0 Å². The number of rotatable bonds is 4. The van der Waals surface area contributed by atoms with E-state index >= 15 is 0 Å². The van der Waals surface area contributed by atoms with Crippen LogP contribution in [-0.2, 0) is 0 Å². The maximum atomic E-state index is 12.9. The SMILES string of the molecule is O=C(NC(c1ccccc1)c1ccccc1)c1c(Cl)ccc(Cl)c1Cl. The van der Waals surface area contributed by atoms with Crippen molar-refractivity contribution in [1.82, 2.24) is 5.32 Å². The maximum Gasteiger partial charge on any atom is 0.255 e. The number of hydrogen-bond acceptors (Lipinski definition) is 1. The lowest BCUT2D eigenvalue weighted by Gasteiger charge is -2.21. The normalized spacial score (nSPS) is 10.7. The third-order valence-electron chi connectivity index (χ3n) is 3.81. The van der Waals surface area contributed by atoms with Crippen LogP contribution in [0.25, 0.3) is 0 Å². The Morgan fingerprint density at radius 2 is 1.20 bits per heavy atom. The number of benzene rings is 3. The summed E-state index contributed by atoms with van der Waals surface area (Å²) in [7, 11) is 0. The molecule has 0 unspecified atom stereocenters. The predicted molar refractivity (Wildman–Crippen MR) is 104 cm³/mol. The highest BCUT2D eigenvalue weighted by atomic mass is 35.5. The summed E-state index contributed by atoms with van der Waals surface area (Å²) >= 11 is 18.4. The number of carbonyl (C=O) groups is 1. The first kappa shape index (κ1) is 17.8. The summed E-state index contributed by atoms with van der Waals surface area (Å²) in [5.74, 6) is -0.379. The first-order valence-corrected chi connectivity index (χ1v) is 8.75. The standard InChI is InChI=1S/C20H14Cl3NO/c21-15-11-12-16(22)18(23)17(15)20(25)24-19(13-7-3-1-4-8-13)14-9-5-2-6-10-14/h1-12,19H,(H,24,25). The molecule has 0 heterocycles. The lowest BCUT2D eigenvalue weighted by Crippen LogP contribution is -2.29. The summed E-state index contributed by atoms with van der Waals surface area (Å²) in [5, 5.41) is 3.69. The molecule has 0 saturated heterocycles. The highest BCUT2D eigenvalue weighted by molar-refractivity contribution is 6.46. The van der Waals surface area contributed by atoms with E-state index in [-0.39, 0.29) is 32.6 Å². The van der Waals surface area contributed by atoms with Gasteiger partial charge < -0.3 is 5.32 Å². The summed E-state index contributed by atoms with van der Waals surface area (Å²) in [4.78, 5) is 12.9. The average molecular weight is 391 g/mol. The van der Waals surface area contributed by atoms with Crippen LogP contribution in [0.2, 0.25) is 15.1 Å². The molecule has 0 atom stereocenters. The molecule has 0 aromatic heterocycles. The first-order chi connectivity index (χ1) is 12.1. The van der Waals surface area contributed by atoms with Crippen molar-refractivity contribution >= 4 is 40.7 Å². The van der Waals surface area contributed by atoms with Gasteiger partial charge >= 0.3 is 0 Å². The maximum absolute atomic E-state index is 12.9. The number of halogens is 3. The third-order valence-corrected chi connectivity index (χ3v) is 4.93. The van der Waals surface area contributed by atoms with Crippen LogP contribution in [0.15, 0.2) is 72.8 Å². The van der Waals surface area contributed by atoms with Gasteiger partial charge in [0.25, 0.3) is 5.91 Å². The van der Waals surface area contributed by atoms with Gasteiger partial charge in [-0.15, -0.1) is 0 Å². The molecule has 1 N–H and O–H groups in total. The Hall–Kier alpha value is -2.00. The number of amides is 1. The molecule has 3 aromatic carbocycles. The Bertz CT molecular complexity index is 843. The summed E-state index contributed by atoms with van der Waals surface area (Å²) in [6.07, 6.45) is 0. The van der Waals surface area contributed by atoms with Crippen LogP contribution >= 0.6 is 34.8 Å². The molecule has 25 heavy (non-hydrogen) atoms. The molecule has 0 aliphatic rings. The second-order valence-electron chi connectivity index (χ2n) is 5.45. The van der Waals surface area contributed by atoms with Gasteiger partial charge in [-0.3, -0.25) is 4.79 Å². The molecule has 1 amide bonds. The quantitative estimate of drug-likeness (QED) is 0.531. The summed E-state index contributed by atoms with van der Waals surface area (Å²) in [6, 6.07) is 22.2. The van der Waals surface area contributed by atoms with Crippen molar-refractivity contribution in [2.45, 2.75) is 6.04 Å². The van der Waals surface area contributed by atoms with Crippen molar-refractivity contribution in [3.05, 3.63) is 105 Å². The minimum Gasteiger partial charge on any atom is -0.341 e. The molecule has 0 aliphatic heterocycles. The molecule has 0 radical (unpaired) electrons. The van der Waals surface area contributed by atoms with Crippen LogP contribution in [0.1, 0.15) is 27.5 Å². The monoisotopic (exact) mass is 389 g/mol. The van der Waals surface area contributed by atoms with E-state index in [1.165, 1.54) is 0 Å². The third kappa shape index (κ3) is 3.98. The molecule has 0 aliphatic carbocycles. The lowest BCUT2D eigenvalue weighted by atomic mass is 9.98. The van der Waals surface area contributed by atoms with E-state index in [1.54, 1.807) is 12.1 Å². The van der Waals surface area contributed by atoms with E-state index in [1.807, 2.05) is 60.7 Å². The number of hydrogen-bond donors (Lipinski definition) is 1. The molecule has 3 rings (SSSR count). The average Bonchev–Trinajstić information content (AvgIpc) is 2.64. The zero-order chi connectivity index (χ0) is 17.8. The van der Waals surface area contributed by atoms with Gasteiger partial charge in [0.1, 0.15) is 0 Å². The molecule has 0 bridgehead atoms. The fourth-order valence-electron chi connectivity index (χ4n) is 2.59. The van der Waals surface area contributed by atoms with Gasteiger partial charge in [-0.2, -0.15) is 0 Å². The van der Waals surface area contributed by atoms with E-state index in [9.17, 15) is 4.79 Å². The highest BCUT2D eigenvalue weighted by Gasteiger charge is 2.22. The van der Waals surface area contributed by atoms with E-state index in [4.69, 9.17) is 34.8 Å². The first-order valence-electron chi connectivity index (χ1n) is 7.62. The van der Waals surface area contributed by atoms with Gasteiger partial charge in [0, 0.05) is 0 Å². The van der Waals surface area contributed by atoms with E-state index in [2.05, 4.69) is 5.32 Å². The van der Waals surface area contributed by atoms with Crippen molar-refractivity contribution < 1.29 is 4.79 Å². The number of nitrogens with one attached hydrogen (secondary N) is 1. The van der Waals surface area contributed by atoms with Gasteiger partial charge in [0.05, 0.1) is 26.7 Å². The fraction of sp³-hybridized carbons (Fsp3) is 0.0500. The molecule has 2 nitrogen and oxygen atoms in total. The second-order valence-corrected chi connectivity index (χ2v) is 6.64. The van der Waals surface area contributed by atoms with Crippen LogP contribution in [-0.4, -0.2) is 5.91 Å². The Morgan fingerprint density at radius 1 is 0.720 bits per heavy atom. The van der Waals surface area contributed by atoms with Crippen LogP contribution < -0.4 is 5.32 Å². The van der Waals surface area contributed by atoms with Crippen LogP contribution in [0.4, 0.5) is 0 Å². The van der Waals surface area contributed by atoms with Gasteiger partial charge in [-0.25, -0.2) is 0 Å². The second kappa shape index (κ2) is 7.92. The Morgan fingerprint density at radius 3 is 1.72 bits per heavy atom. The molecule has 0 spiro atoms. The summed E-state index contributed by atoms with van der Waals surface area (Å²) < 4.78 is 0. The van der Waals surface area contributed by atoms with Gasteiger partial charge in [0.15, 0.2) is 0 Å². The molecule has 0 saturated carbocycles.